The van der Waals surface area contributed by atoms with Gasteiger partial charge in [-0.05, 0) is 45.4 Å². The molecule has 3 aliphatic rings. The van der Waals surface area contributed by atoms with Gasteiger partial charge in [0.05, 0.1) is 17.3 Å². The smallest absolute Gasteiger partial charge is 0.0928 e. The van der Waals surface area contributed by atoms with Crippen molar-refractivity contribution in [3.8, 4) is 0 Å². The summed E-state index contributed by atoms with van der Waals surface area (Å²) in [5.74, 6) is 0.602. The van der Waals surface area contributed by atoms with Gasteiger partial charge in [0.15, 0.2) is 0 Å². The normalized spacial score (nSPS) is 37.3. The van der Waals surface area contributed by atoms with Crippen LogP contribution in [0.1, 0.15) is 39.5 Å². The van der Waals surface area contributed by atoms with Gasteiger partial charge >= 0.3 is 0 Å². The molecule has 2 heterocycles. The summed E-state index contributed by atoms with van der Waals surface area (Å²) in [6.07, 6.45) is 5.19. The van der Waals surface area contributed by atoms with Gasteiger partial charge in [0.1, 0.15) is 0 Å². The molecule has 1 aliphatic carbocycles. The molecule has 3 nitrogen and oxygen atoms in total. The summed E-state index contributed by atoms with van der Waals surface area (Å²) >= 11 is 0. The molecule has 3 rings (SSSR count). The van der Waals surface area contributed by atoms with Crippen LogP contribution in [0.5, 0.6) is 0 Å². The fourth-order valence-electron chi connectivity index (χ4n) is 3.23. The highest BCUT2D eigenvalue weighted by Gasteiger charge is 2.52. The van der Waals surface area contributed by atoms with Gasteiger partial charge in [0.2, 0.25) is 0 Å². The number of ether oxygens (including phenoxy) is 1. The third kappa shape index (κ3) is 2.01. The molecule has 2 saturated heterocycles. The average molecular weight is 225 g/mol. The van der Waals surface area contributed by atoms with E-state index in [0.29, 0.717) is 12.0 Å². The van der Waals surface area contributed by atoms with E-state index in [-0.39, 0.29) is 11.2 Å². The highest BCUT2D eigenvalue weighted by Crippen LogP contribution is 2.44. The van der Waals surface area contributed by atoms with Gasteiger partial charge in [-0.1, -0.05) is 0 Å². The van der Waals surface area contributed by atoms with Crippen LogP contribution in [0.15, 0.2) is 0 Å². The molecule has 1 N–H and O–H groups in total. The first-order chi connectivity index (χ1) is 7.47. The van der Waals surface area contributed by atoms with Crippen molar-refractivity contribution in [2.45, 2.75) is 56.8 Å². The van der Waals surface area contributed by atoms with Crippen molar-refractivity contribution < 1.29 is 9.84 Å². The third-order valence-corrected chi connectivity index (χ3v) is 4.35. The topological polar surface area (TPSA) is 32.7 Å². The van der Waals surface area contributed by atoms with E-state index in [1.807, 2.05) is 0 Å². The van der Waals surface area contributed by atoms with Gasteiger partial charge in [0, 0.05) is 19.6 Å². The third-order valence-electron chi connectivity index (χ3n) is 4.35. The molecule has 0 spiro atoms. The first-order valence-corrected chi connectivity index (χ1v) is 6.59. The average Bonchev–Trinajstić information content (AvgIpc) is 2.90. The van der Waals surface area contributed by atoms with Gasteiger partial charge < -0.3 is 9.84 Å². The second-order valence-electron chi connectivity index (χ2n) is 6.59. The number of hydrogen-bond donors (Lipinski definition) is 1. The van der Waals surface area contributed by atoms with Gasteiger partial charge in [-0.15, -0.1) is 0 Å². The predicted molar refractivity (Wildman–Crippen MR) is 62.3 cm³/mol. The Bertz CT molecular complexity index is 280. The minimum absolute atomic E-state index is 0.0718. The monoisotopic (exact) mass is 225 g/mol. The molecule has 0 radical (unpaired) electrons. The summed E-state index contributed by atoms with van der Waals surface area (Å²) < 4.78 is 5.98. The molecule has 2 aliphatic heterocycles. The minimum Gasteiger partial charge on any atom is -0.387 e. The lowest BCUT2D eigenvalue weighted by atomic mass is 9.88. The summed E-state index contributed by atoms with van der Waals surface area (Å²) in [4.78, 5) is 2.35. The van der Waals surface area contributed by atoms with Gasteiger partial charge in [-0.25, -0.2) is 0 Å². The van der Waals surface area contributed by atoms with E-state index in [1.165, 1.54) is 25.7 Å². The fourth-order valence-corrected chi connectivity index (χ4v) is 3.23. The van der Waals surface area contributed by atoms with Gasteiger partial charge in [0.25, 0.3) is 0 Å². The molecular weight excluding hydrogens is 202 g/mol. The first kappa shape index (κ1) is 11.0. The molecule has 0 aromatic heterocycles. The molecule has 0 aromatic rings. The molecule has 0 bridgehead atoms. The van der Waals surface area contributed by atoms with Gasteiger partial charge in [-0.2, -0.15) is 0 Å². The number of β-amino-alcohol motifs (C(OH)–C–C–N with tert-alkyl or cyclic N) is 1. The van der Waals surface area contributed by atoms with Crippen LogP contribution in [0, 0.1) is 5.92 Å². The SMILES string of the molecule is CC1(C)CCC(CN2CC(O)(C3CC3)C2)O1. The van der Waals surface area contributed by atoms with Crippen molar-refractivity contribution >= 4 is 0 Å². The zero-order chi connectivity index (χ0) is 11.4. The number of likely N-dealkylation sites (tertiary alicyclic amines) is 1. The zero-order valence-corrected chi connectivity index (χ0v) is 10.4. The number of hydrogen-bond acceptors (Lipinski definition) is 3. The van der Waals surface area contributed by atoms with Crippen molar-refractivity contribution in [3.63, 3.8) is 0 Å². The van der Waals surface area contributed by atoms with Crippen LogP contribution in [0.2, 0.25) is 0 Å². The predicted octanol–water partition coefficient (Wildman–Crippen LogP) is 1.40. The number of aliphatic hydroxyl groups is 1. The second kappa shape index (κ2) is 3.44. The Labute approximate surface area is 97.8 Å². The molecule has 92 valence electrons. The van der Waals surface area contributed by atoms with Crippen molar-refractivity contribution in [3.05, 3.63) is 0 Å². The zero-order valence-electron chi connectivity index (χ0n) is 10.4. The molecule has 1 saturated carbocycles. The number of rotatable bonds is 3. The Hall–Kier alpha value is -0.120. The van der Waals surface area contributed by atoms with E-state index in [1.54, 1.807) is 0 Å². The molecule has 1 unspecified atom stereocenters. The molecule has 3 fully saturated rings. The second-order valence-corrected chi connectivity index (χ2v) is 6.59. The highest BCUT2D eigenvalue weighted by atomic mass is 16.5. The Kier molecular flexibility index (Phi) is 2.36. The van der Waals surface area contributed by atoms with Crippen LogP contribution in [-0.4, -0.2) is 46.9 Å². The van der Waals surface area contributed by atoms with Crippen molar-refractivity contribution in [2.24, 2.45) is 5.92 Å². The Balaban J connectivity index is 1.45. The summed E-state index contributed by atoms with van der Waals surface area (Å²) in [7, 11) is 0. The molecule has 16 heavy (non-hydrogen) atoms. The standard InChI is InChI=1S/C13H23NO2/c1-12(2)6-5-11(16-12)7-14-8-13(15,9-14)10-3-4-10/h10-11,15H,3-9H2,1-2H3. The Morgan fingerprint density at radius 1 is 1.25 bits per heavy atom. The molecule has 0 aromatic carbocycles. The van der Waals surface area contributed by atoms with Crippen LogP contribution in [0.25, 0.3) is 0 Å². The largest absolute Gasteiger partial charge is 0.387 e. The maximum atomic E-state index is 10.2. The number of nitrogens with zero attached hydrogens (tertiary/aromatic N) is 1. The summed E-state index contributed by atoms with van der Waals surface area (Å²) in [6, 6.07) is 0. The summed E-state index contributed by atoms with van der Waals surface area (Å²) in [5, 5.41) is 10.2. The van der Waals surface area contributed by atoms with E-state index in [0.717, 1.165) is 19.6 Å². The minimum atomic E-state index is -0.339. The van der Waals surface area contributed by atoms with Crippen LogP contribution >= 0.6 is 0 Å². The van der Waals surface area contributed by atoms with E-state index < -0.39 is 0 Å². The fraction of sp³-hybridized carbons (Fsp3) is 1.00. The first-order valence-electron chi connectivity index (χ1n) is 6.59. The van der Waals surface area contributed by atoms with Crippen LogP contribution in [-0.2, 0) is 4.74 Å². The van der Waals surface area contributed by atoms with Gasteiger partial charge in [-0.3, -0.25) is 4.90 Å². The highest BCUT2D eigenvalue weighted by molar-refractivity contribution is 5.05. The molecule has 1 atom stereocenters. The summed E-state index contributed by atoms with van der Waals surface area (Å²) in [6.45, 7) is 7.10. The lowest BCUT2D eigenvalue weighted by Crippen LogP contribution is -2.64. The van der Waals surface area contributed by atoms with E-state index in [9.17, 15) is 5.11 Å². The lowest BCUT2D eigenvalue weighted by Gasteiger charge is -2.48. The quantitative estimate of drug-likeness (QED) is 0.788. The van der Waals surface area contributed by atoms with Crippen LogP contribution in [0.4, 0.5) is 0 Å². The Morgan fingerprint density at radius 3 is 2.44 bits per heavy atom. The maximum absolute atomic E-state index is 10.2. The Morgan fingerprint density at radius 2 is 1.94 bits per heavy atom. The summed E-state index contributed by atoms with van der Waals surface area (Å²) in [5.41, 5.74) is -0.267. The van der Waals surface area contributed by atoms with Crippen molar-refractivity contribution in [2.75, 3.05) is 19.6 Å². The van der Waals surface area contributed by atoms with Crippen LogP contribution in [0.3, 0.4) is 0 Å². The van der Waals surface area contributed by atoms with Crippen molar-refractivity contribution in [1.82, 2.24) is 4.90 Å². The molecule has 0 amide bonds. The molecular formula is C13H23NO2. The lowest BCUT2D eigenvalue weighted by molar-refractivity contribution is -0.130. The maximum Gasteiger partial charge on any atom is 0.0928 e. The van der Waals surface area contributed by atoms with Crippen LogP contribution < -0.4 is 0 Å². The van der Waals surface area contributed by atoms with E-state index in [4.69, 9.17) is 4.74 Å². The molecule has 3 heteroatoms. The van der Waals surface area contributed by atoms with Crippen molar-refractivity contribution in [1.29, 1.82) is 0 Å². The van der Waals surface area contributed by atoms with E-state index >= 15 is 0 Å². The van der Waals surface area contributed by atoms with E-state index in [2.05, 4.69) is 18.7 Å².